The van der Waals surface area contributed by atoms with E-state index in [0.717, 1.165) is 42.8 Å². The molecule has 0 unspecified atom stereocenters. The molecule has 0 radical (unpaired) electrons. The van der Waals surface area contributed by atoms with E-state index in [1.54, 1.807) is 0 Å². The van der Waals surface area contributed by atoms with E-state index < -0.39 is 0 Å². The molecule has 1 aliphatic rings. The number of hydrogen-bond donors (Lipinski definition) is 1. The molecule has 4 rings (SSSR count). The Balaban J connectivity index is 1.66. The highest BCUT2D eigenvalue weighted by atomic mass is 79.9. The standard InChI is InChI=1S/C22H15Br2NO2/c1-13-18(23)12-19(24)21-20(13)17(22(26)25-21)11-14-7-9-16(10-8-14)27-15-5-3-2-4-6-15/h2-12H,1H3,(H,25,26). The van der Waals surface area contributed by atoms with Crippen LogP contribution in [0.25, 0.3) is 11.6 Å². The highest BCUT2D eigenvalue weighted by molar-refractivity contribution is 9.11. The molecule has 3 nitrogen and oxygen atoms in total. The average Bonchev–Trinajstić information content (AvgIpc) is 2.99. The largest absolute Gasteiger partial charge is 0.457 e. The SMILES string of the molecule is Cc1c(Br)cc(Br)c2c1C(=Cc1ccc(Oc3ccccc3)cc1)C(=O)N2. The number of halogens is 2. The summed E-state index contributed by atoms with van der Waals surface area (Å²) in [6.07, 6.45) is 1.90. The molecule has 1 N–H and O–H groups in total. The lowest BCUT2D eigenvalue weighted by Crippen LogP contribution is -2.03. The molecule has 3 aromatic carbocycles. The molecule has 0 aromatic heterocycles. The Morgan fingerprint density at radius 2 is 1.59 bits per heavy atom. The van der Waals surface area contributed by atoms with Crippen molar-refractivity contribution in [3.05, 3.63) is 86.3 Å². The van der Waals surface area contributed by atoms with E-state index >= 15 is 0 Å². The molecule has 0 bridgehead atoms. The van der Waals surface area contributed by atoms with Gasteiger partial charge in [-0.05, 0) is 70.4 Å². The van der Waals surface area contributed by atoms with E-state index in [-0.39, 0.29) is 5.91 Å². The van der Waals surface area contributed by atoms with E-state index in [0.29, 0.717) is 5.57 Å². The number of ether oxygens (including phenoxy) is 1. The van der Waals surface area contributed by atoms with E-state index in [9.17, 15) is 4.79 Å². The summed E-state index contributed by atoms with van der Waals surface area (Å²) < 4.78 is 7.64. The third-order valence-electron chi connectivity index (χ3n) is 4.40. The summed E-state index contributed by atoms with van der Waals surface area (Å²) in [6, 6.07) is 19.3. The molecule has 0 saturated heterocycles. The van der Waals surface area contributed by atoms with Gasteiger partial charge in [0.05, 0.1) is 5.69 Å². The fourth-order valence-corrected chi connectivity index (χ4v) is 4.29. The van der Waals surface area contributed by atoms with Gasteiger partial charge in [0.25, 0.3) is 5.91 Å². The number of carbonyl (C=O) groups excluding carboxylic acids is 1. The first kappa shape index (κ1) is 18.0. The van der Waals surface area contributed by atoms with E-state index in [2.05, 4.69) is 37.2 Å². The summed E-state index contributed by atoms with van der Waals surface area (Å²) in [5, 5.41) is 2.95. The summed E-state index contributed by atoms with van der Waals surface area (Å²) in [5.41, 5.74) is 4.36. The van der Waals surface area contributed by atoms with E-state index in [1.807, 2.05) is 73.7 Å². The number of carbonyl (C=O) groups is 1. The topological polar surface area (TPSA) is 38.3 Å². The van der Waals surface area contributed by atoms with Crippen molar-refractivity contribution in [3.8, 4) is 11.5 Å². The Bertz CT molecular complexity index is 1060. The van der Waals surface area contributed by atoms with Gasteiger partial charge in [-0.25, -0.2) is 0 Å². The van der Waals surface area contributed by atoms with Gasteiger partial charge in [0, 0.05) is 20.1 Å². The fraction of sp³-hybridized carbons (Fsp3) is 0.0455. The van der Waals surface area contributed by atoms with Gasteiger partial charge in [-0.1, -0.05) is 46.3 Å². The van der Waals surface area contributed by atoms with Crippen LogP contribution in [0.4, 0.5) is 5.69 Å². The van der Waals surface area contributed by atoms with Crippen molar-refractivity contribution in [2.24, 2.45) is 0 Å². The van der Waals surface area contributed by atoms with Crippen LogP contribution in [-0.4, -0.2) is 5.91 Å². The monoisotopic (exact) mass is 483 g/mol. The quantitative estimate of drug-likeness (QED) is 0.415. The number of benzene rings is 3. The summed E-state index contributed by atoms with van der Waals surface area (Å²) >= 11 is 7.09. The Morgan fingerprint density at radius 3 is 2.30 bits per heavy atom. The second-order valence-corrected chi connectivity index (χ2v) is 7.92. The van der Waals surface area contributed by atoms with Gasteiger partial charge in [0.15, 0.2) is 0 Å². The van der Waals surface area contributed by atoms with Crippen LogP contribution in [0.15, 0.2) is 69.6 Å². The maximum Gasteiger partial charge on any atom is 0.256 e. The van der Waals surface area contributed by atoms with Gasteiger partial charge < -0.3 is 10.1 Å². The zero-order chi connectivity index (χ0) is 19.0. The van der Waals surface area contributed by atoms with Gasteiger partial charge in [-0.3, -0.25) is 4.79 Å². The minimum absolute atomic E-state index is 0.100. The van der Waals surface area contributed by atoms with Gasteiger partial charge in [-0.2, -0.15) is 0 Å². The third-order valence-corrected chi connectivity index (χ3v) is 5.85. The number of anilines is 1. The molecule has 0 saturated carbocycles. The van der Waals surface area contributed by atoms with Gasteiger partial charge in [0.1, 0.15) is 11.5 Å². The molecule has 134 valence electrons. The first-order chi connectivity index (χ1) is 13.0. The second-order valence-electron chi connectivity index (χ2n) is 6.21. The molecule has 0 spiro atoms. The second kappa shape index (κ2) is 7.33. The van der Waals surface area contributed by atoms with Crippen molar-refractivity contribution >= 4 is 55.1 Å². The van der Waals surface area contributed by atoms with Crippen LogP contribution in [0, 0.1) is 6.92 Å². The van der Waals surface area contributed by atoms with Crippen molar-refractivity contribution in [1.29, 1.82) is 0 Å². The number of rotatable bonds is 3. The van der Waals surface area contributed by atoms with Crippen LogP contribution in [-0.2, 0) is 4.79 Å². The Hall–Kier alpha value is -2.37. The van der Waals surface area contributed by atoms with Gasteiger partial charge in [0.2, 0.25) is 0 Å². The van der Waals surface area contributed by atoms with E-state index in [1.165, 1.54) is 0 Å². The Labute approximate surface area is 174 Å². The predicted octanol–water partition coefficient (Wildman–Crippen LogP) is 6.81. The lowest BCUT2D eigenvalue weighted by molar-refractivity contribution is -0.110. The molecule has 0 aliphatic carbocycles. The number of amides is 1. The number of para-hydroxylation sites is 1. The smallest absolute Gasteiger partial charge is 0.256 e. The highest BCUT2D eigenvalue weighted by Gasteiger charge is 2.28. The number of fused-ring (bicyclic) bond motifs is 1. The first-order valence-corrected chi connectivity index (χ1v) is 9.96. The number of hydrogen-bond acceptors (Lipinski definition) is 2. The molecular weight excluding hydrogens is 470 g/mol. The minimum atomic E-state index is -0.100. The average molecular weight is 485 g/mol. The van der Waals surface area contributed by atoms with Crippen LogP contribution < -0.4 is 10.1 Å². The highest BCUT2D eigenvalue weighted by Crippen LogP contribution is 2.43. The van der Waals surface area contributed by atoms with Crippen molar-refractivity contribution in [3.63, 3.8) is 0 Å². The molecule has 1 amide bonds. The maximum absolute atomic E-state index is 12.5. The molecule has 27 heavy (non-hydrogen) atoms. The van der Waals surface area contributed by atoms with Crippen LogP contribution in [0.1, 0.15) is 16.7 Å². The Kier molecular flexibility index (Phi) is 4.89. The predicted molar refractivity (Wildman–Crippen MR) is 116 cm³/mol. The van der Waals surface area contributed by atoms with Crippen LogP contribution >= 0.6 is 31.9 Å². The first-order valence-electron chi connectivity index (χ1n) is 8.38. The molecule has 3 aromatic rings. The number of nitrogens with one attached hydrogen (secondary N) is 1. The summed E-state index contributed by atoms with van der Waals surface area (Å²) in [5.74, 6) is 1.44. The molecular formula is C22H15Br2NO2. The summed E-state index contributed by atoms with van der Waals surface area (Å²) in [6.45, 7) is 2.00. The van der Waals surface area contributed by atoms with Crippen molar-refractivity contribution in [1.82, 2.24) is 0 Å². The van der Waals surface area contributed by atoms with Gasteiger partial charge >= 0.3 is 0 Å². The van der Waals surface area contributed by atoms with Gasteiger partial charge in [-0.15, -0.1) is 0 Å². The summed E-state index contributed by atoms with van der Waals surface area (Å²) in [4.78, 5) is 12.5. The fourth-order valence-electron chi connectivity index (χ4n) is 3.03. The minimum Gasteiger partial charge on any atom is -0.457 e. The Morgan fingerprint density at radius 1 is 0.926 bits per heavy atom. The van der Waals surface area contributed by atoms with Crippen LogP contribution in [0.2, 0.25) is 0 Å². The lowest BCUT2D eigenvalue weighted by atomic mass is 9.99. The zero-order valence-electron chi connectivity index (χ0n) is 14.4. The summed E-state index contributed by atoms with van der Waals surface area (Å²) in [7, 11) is 0. The van der Waals surface area contributed by atoms with E-state index in [4.69, 9.17) is 4.74 Å². The normalized spacial score (nSPS) is 14.2. The molecule has 1 aliphatic heterocycles. The third kappa shape index (κ3) is 3.57. The van der Waals surface area contributed by atoms with Crippen molar-refractivity contribution in [2.75, 3.05) is 5.32 Å². The molecule has 0 atom stereocenters. The van der Waals surface area contributed by atoms with Crippen molar-refractivity contribution in [2.45, 2.75) is 6.92 Å². The maximum atomic E-state index is 12.5. The van der Waals surface area contributed by atoms with Crippen LogP contribution in [0.3, 0.4) is 0 Å². The zero-order valence-corrected chi connectivity index (χ0v) is 17.6. The lowest BCUT2D eigenvalue weighted by Gasteiger charge is -2.09. The molecule has 5 heteroatoms. The van der Waals surface area contributed by atoms with Crippen LogP contribution in [0.5, 0.6) is 11.5 Å². The van der Waals surface area contributed by atoms with Crippen molar-refractivity contribution < 1.29 is 9.53 Å². The molecule has 1 heterocycles. The molecule has 0 fully saturated rings.